The summed E-state index contributed by atoms with van der Waals surface area (Å²) >= 11 is 0. The van der Waals surface area contributed by atoms with Crippen LogP contribution < -0.4 is 62.8 Å². The third kappa shape index (κ3) is 12.8. The Balaban J connectivity index is 1.94. The van der Waals surface area contributed by atoms with Gasteiger partial charge in [0.2, 0.25) is 11.5 Å². The third-order valence-electron chi connectivity index (χ3n) is 8.36. The predicted molar refractivity (Wildman–Crippen MR) is 218 cm³/mol. The lowest BCUT2D eigenvalue weighted by atomic mass is 9.92. The van der Waals surface area contributed by atoms with Gasteiger partial charge in [0.15, 0.2) is 23.0 Å². The van der Waals surface area contributed by atoms with Crippen molar-refractivity contribution in [1.82, 2.24) is 0 Å². The lowest BCUT2D eigenvalue weighted by Gasteiger charge is -2.20. The monoisotopic (exact) mass is 744 g/mol. The van der Waals surface area contributed by atoms with Crippen molar-refractivity contribution in [1.29, 1.82) is 0 Å². The van der Waals surface area contributed by atoms with Crippen molar-refractivity contribution in [2.24, 2.45) is 34.4 Å². The summed E-state index contributed by atoms with van der Waals surface area (Å²) in [5.74, 6) is 3.33. The zero-order valence-electron chi connectivity index (χ0n) is 31.6. The molecular formula is C42H60N6O6. The topological polar surface area (TPSA) is 212 Å². The van der Waals surface area contributed by atoms with Crippen molar-refractivity contribution in [3.8, 4) is 67.9 Å². The zero-order chi connectivity index (χ0) is 38.4. The predicted octanol–water partition coefficient (Wildman–Crippen LogP) is 5.05. The molecule has 0 aliphatic carbocycles. The SMILES string of the molecule is NCCCOc1cc(-c2cc(-c3ccccc3)cc(-c3cc(OCCCN)c(OCCCN)c(OCCCN)c3)c2)cc(OCCCN)c1OCCCN. The highest BCUT2D eigenvalue weighted by molar-refractivity contribution is 5.84. The number of hydrogen-bond donors (Lipinski definition) is 6. The molecule has 0 atom stereocenters. The molecule has 0 bridgehead atoms. The lowest BCUT2D eigenvalue weighted by Crippen LogP contribution is -2.11. The van der Waals surface area contributed by atoms with Gasteiger partial charge in [-0.2, -0.15) is 0 Å². The summed E-state index contributed by atoms with van der Waals surface area (Å²) in [6.45, 7) is 5.51. The van der Waals surface area contributed by atoms with Crippen LogP contribution >= 0.6 is 0 Å². The Morgan fingerprint density at radius 3 is 0.852 bits per heavy atom. The van der Waals surface area contributed by atoms with Crippen LogP contribution in [-0.2, 0) is 0 Å². The van der Waals surface area contributed by atoms with Gasteiger partial charge in [-0.3, -0.25) is 0 Å². The smallest absolute Gasteiger partial charge is 0.203 e. The van der Waals surface area contributed by atoms with Crippen molar-refractivity contribution in [2.75, 3.05) is 78.9 Å². The fourth-order valence-electron chi connectivity index (χ4n) is 5.54. The second-order valence-electron chi connectivity index (χ2n) is 12.7. The van der Waals surface area contributed by atoms with Crippen molar-refractivity contribution in [3.05, 3.63) is 72.8 Å². The van der Waals surface area contributed by atoms with Crippen LogP contribution in [0.3, 0.4) is 0 Å². The molecule has 4 aromatic carbocycles. The quantitative estimate of drug-likeness (QED) is 0.0443. The number of nitrogens with two attached hydrogens (primary N) is 6. The first-order chi connectivity index (χ1) is 26.6. The maximum Gasteiger partial charge on any atom is 0.203 e. The molecule has 0 aliphatic heterocycles. The van der Waals surface area contributed by atoms with Crippen LogP contribution in [0.25, 0.3) is 33.4 Å². The van der Waals surface area contributed by atoms with Crippen molar-refractivity contribution in [2.45, 2.75) is 38.5 Å². The third-order valence-corrected chi connectivity index (χ3v) is 8.36. The van der Waals surface area contributed by atoms with Crippen molar-refractivity contribution < 1.29 is 28.4 Å². The van der Waals surface area contributed by atoms with E-state index in [0.29, 0.717) is 152 Å². The average molecular weight is 745 g/mol. The summed E-state index contributed by atoms with van der Waals surface area (Å²) in [4.78, 5) is 0. The zero-order valence-corrected chi connectivity index (χ0v) is 31.6. The van der Waals surface area contributed by atoms with Gasteiger partial charge in [0, 0.05) is 0 Å². The molecule has 4 aromatic rings. The molecule has 0 unspecified atom stereocenters. The van der Waals surface area contributed by atoms with Gasteiger partial charge in [0.1, 0.15) is 0 Å². The van der Waals surface area contributed by atoms with Crippen LogP contribution in [0.2, 0.25) is 0 Å². The van der Waals surface area contributed by atoms with E-state index in [4.69, 9.17) is 62.8 Å². The van der Waals surface area contributed by atoms with Crippen LogP contribution in [0, 0.1) is 0 Å². The number of rotatable bonds is 27. The van der Waals surface area contributed by atoms with E-state index in [0.717, 1.165) is 33.4 Å². The summed E-state index contributed by atoms with van der Waals surface area (Å²) in [5.41, 5.74) is 40.6. The molecule has 4 rings (SSSR count). The maximum absolute atomic E-state index is 6.31. The molecule has 0 aromatic heterocycles. The highest BCUT2D eigenvalue weighted by Crippen LogP contribution is 2.46. The molecular weight excluding hydrogens is 684 g/mol. The minimum absolute atomic E-state index is 0.418. The Morgan fingerprint density at radius 2 is 0.556 bits per heavy atom. The lowest BCUT2D eigenvalue weighted by molar-refractivity contribution is 0.240. The van der Waals surface area contributed by atoms with Gasteiger partial charge in [-0.25, -0.2) is 0 Å². The molecule has 12 nitrogen and oxygen atoms in total. The molecule has 0 aliphatic rings. The van der Waals surface area contributed by atoms with E-state index in [-0.39, 0.29) is 0 Å². The molecule has 12 N–H and O–H groups in total. The highest BCUT2D eigenvalue weighted by atomic mass is 16.5. The fourth-order valence-corrected chi connectivity index (χ4v) is 5.54. The number of ether oxygens (including phenoxy) is 6. The highest BCUT2D eigenvalue weighted by Gasteiger charge is 2.21. The molecule has 12 heteroatoms. The second kappa shape index (κ2) is 24.0. The molecule has 0 radical (unpaired) electrons. The van der Waals surface area contributed by atoms with E-state index in [1.165, 1.54) is 0 Å². The molecule has 54 heavy (non-hydrogen) atoms. The molecule has 0 spiro atoms. The standard InChI is InChI=1S/C42H60N6O6/c43-12-4-18-49-37-27-35(28-38(50-19-5-13-44)41(37)53-22-8-16-47)33-24-32(31-10-2-1-3-11-31)25-34(26-33)36-29-39(51-20-6-14-45)42(54-23-9-17-48)40(30-36)52-21-7-15-46/h1-3,10-11,24-30H,4-9,12-23,43-48H2. The second-order valence-corrected chi connectivity index (χ2v) is 12.7. The Kier molecular flexibility index (Phi) is 18.7. The van der Waals surface area contributed by atoms with Crippen LogP contribution in [0.15, 0.2) is 72.8 Å². The van der Waals surface area contributed by atoms with Crippen LogP contribution in [0.5, 0.6) is 34.5 Å². The summed E-state index contributed by atoms with van der Waals surface area (Å²) in [6, 6.07) is 24.7. The van der Waals surface area contributed by atoms with Gasteiger partial charge in [-0.05, 0) is 154 Å². The molecule has 0 fully saturated rings. The maximum atomic E-state index is 6.31. The van der Waals surface area contributed by atoms with E-state index >= 15 is 0 Å². The van der Waals surface area contributed by atoms with E-state index in [1.54, 1.807) is 0 Å². The van der Waals surface area contributed by atoms with E-state index in [9.17, 15) is 0 Å². The van der Waals surface area contributed by atoms with Gasteiger partial charge in [0.25, 0.3) is 0 Å². The van der Waals surface area contributed by atoms with Gasteiger partial charge < -0.3 is 62.8 Å². The molecule has 294 valence electrons. The van der Waals surface area contributed by atoms with Gasteiger partial charge in [-0.1, -0.05) is 30.3 Å². The Morgan fingerprint density at radius 1 is 0.296 bits per heavy atom. The van der Waals surface area contributed by atoms with Crippen LogP contribution in [-0.4, -0.2) is 78.9 Å². The van der Waals surface area contributed by atoms with Crippen LogP contribution in [0.4, 0.5) is 0 Å². The number of benzene rings is 4. The van der Waals surface area contributed by atoms with Gasteiger partial charge in [-0.15, -0.1) is 0 Å². The van der Waals surface area contributed by atoms with Crippen molar-refractivity contribution in [3.63, 3.8) is 0 Å². The Bertz CT molecular complexity index is 1510. The average Bonchev–Trinajstić information content (AvgIpc) is 3.20. The number of hydrogen-bond acceptors (Lipinski definition) is 12. The summed E-state index contributed by atoms with van der Waals surface area (Å²) in [7, 11) is 0. The molecule has 0 amide bonds. The van der Waals surface area contributed by atoms with Gasteiger partial charge >= 0.3 is 0 Å². The largest absolute Gasteiger partial charge is 0.489 e. The van der Waals surface area contributed by atoms with Crippen LogP contribution in [0.1, 0.15) is 38.5 Å². The first-order valence-corrected chi connectivity index (χ1v) is 19.1. The molecule has 0 saturated carbocycles. The van der Waals surface area contributed by atoms with E-state index in [1.807, 2.05) is 42.5 Å². The van der Waals surface area contributed by atoms with Crippen molar-refractivity contribution >= 4 is 0 Å². The van der Waals surface area contributed by atoms with Gasteiger partial charge in [0.05, 0.1) is 39.6 Å². The van der Waals surface area contributed by atoms with E-state index < -0.39 is 0 Å². The Labute approximate surface area is 320 Å². The minimum Gasteiger partial charge on any atom is -0.489 e. The first kappa shape index (κ1) is 42.2. The normalized spacial score (nSPS) is 11.0. The first-order valence-electron chi connectivity index (χ1n) is 19.1. The Hall–Kier alpha value is -4.56. The fraction of sp³-hybridized carbons (Fsp3) is 0.429. The van der Waals surface area contributed by atoms with E-state index in [2.05, 4.69) is 30.3 Å². The summed E-state index contributed by atoms with van der Waals surface area (Å²) < 4.78 is 37.7. The molecule has 0 saturated heterocycles. The summed E-state index contributed by atoms with van der Waals surface area (Å²) in [5, 5.41) is 0. The minimum atomic E-state index is 0.418. The molecule has 0 heterocycles. The summed E-state index contributed by atoms with van der Waals surface area (Å²) in [6.07, 6.45) is 4.09.